The molecule has 2 aromatic carbocycles. The minimum atomic E-state index is -4.69. The van der Waals surface area contributed by atoms with Gasteiger partial charge in [0.15, 0.2) is 11.6 Å². The van der Waals surface area contributed by atoms with E-state index < -0.39 is 29.2 Å². The average molecular weight is 572 g/mol. The van der Waals surface area contributed by atoms with E-state index in [9.17, 15) is 18.0 Å². The molecule has 1 aromatic heterocycles. The molecule has 1 fully saturated rings. The van der Waals surface area contributed by atoms with Gasteiger partial charge in [0, 0.05) is 24.2 Å². The molecule has 0 radical (unpaired) electrons. The highest BCUT2D eigenvalue weighted by atomic mass is 32.1. The molecular formula is C26H24F3N7O3S. The van der Waals surface area contributed by atoms with Crippen LogP contribution in [0.2, 0.25) is 0 Å². The van der Waals surface area contributed by atoms with Crippen LogP contribution in [0.15, 0.2) is 77.2 Å². The van der Waals surface area contributed by atoms with E-state index in [0.29, 0.717) is 54.6 Å². The highest BCUT2D eigenvalue weighted by Gasteiger charge is 2.38. The van der Waals surface area contributed by atoms with Gasteiger partial charge in [0.05, 0.1) is 24.6 Å². The summed E-state index contributed by atoms with van der Waals surface area (Å²) in [6.07, 6.45) is -5.89. The normalized spacial score (nSPS) is 17.8. The van der Waals surface area contributed by atoms with Crippen molar-refractivity contribution in [1.29, 1.82) is 0 Å². The number of amides is 1. The Labute approximate surface area is 231 Å². The lowest BCUT2D eigenvalue weighted by atomic mass is 10.0. The summed E-state index contributed by atoms with van der Waals surface area (Å²) >= 11 is 0.455. The first-order valence-electron chi connectivity index (χ1n) is 12.1. The first kappa shape index (κ1) is 27.1. The highest BCUT2D eigenvalue weighted by Crippen LogP contribution is 2.39. The summed E-state index contributed by atoms with van der Waals surface area (Å²) in [6, 6.07) is 16.5. The minimum absolute atomic E-state index is 0.180. The van der Waals surface area contributed by atoms with Crippen LogP contribution in [0.5, 0.6) is 0 Å². The van der Waals surface area contributed by atoms with E-state index in [1.807, 2.05) is 42.5 Å². The molecule has 0 saturated carbocycles. The molecule has 2 aliphatic rings. The Bertz CT molecular complexity index is 1470. The summed E-state index contributed by atoms with van der Waals surface area (Å²) in [7, 11) is 0. The van der Waals surface area contributed by atoms with Crippen LogP contribution in [0, 0.1) is 0 Å². The van der Waals surface area contributed by atoms with Crippen LogP contribution in [-0.4, -0.2) is 55.0 Å². The number of alkyl halides is 3. The number of anilines is 2. The number of aromatic nitrogens is 1. The third-order valence-electron chi connectivity index (χ3n) is 5.98. The maximum Gasteiger partial charge on any atom is 0.443 e. The van der Waals surface area contributed by atoms with E-state index in [4.69, 9.17) is 15.3 Å². The van der Waals surface area contributed by atoms with Gasteiger partial charge in [0.2, 0.25) is 11.2 Å². The Kier molecular flexibility index (Phi) is 7.71. The molecular weight excluding hydrogens is 547 g/mol. The van der Waals surface area contributed by atoms with Crippen LogP contribution >= 0.6 is 11.3 Å². The number of rotatable bonds is 6. The third-order valence-corrected chi connectivity index (χ3v) is 7.14. The van der Waals surface area contributed by atoms with Gasteiger partial charge in [-0.2, -0.15) is 13.2 Å². The first-order valence-corrected chi connectivity index (χ1v) is 12.9. The van der Waals surface area contributed by atoms with E-state index in [1.54, 1.807) is 17.0 Å². The SMILES string of the molecule is C=C(NC1N=C(c2ccccc2)c2ccccc2NC1=O)O/C(=N\N)c1nc(C(F)(F)F)sc1N1CCOCC1. The van der Waals surface area contributed by atoms with Gasteiger partial charge in [-0.15, -0.1) is 5.10 Å². The number of hydrogen-bond acceptors (Lipinski definition) is 10. The number of nitrogens with one attached hydrogen (secondary N) is 2. The number of benzene rings is 2. The fourth-order valence-corrected chi connectivity index (χ4v) is 5.15. The van der Waals surface area contributed by atoms with E-state index in [1.165, 1.54) is 0 Å². The number of fused-ring (bicyclic) bond motifs is 1. The van der Waals surface area contributed by atoms with E-state index in [0.717, 1.165) is 5.56 Å². The first-order chi connectivity index (χ1) is 19.2. The van der Waals surface area contributed by atoms with Crippen LogP contribution in [0.25, 0.3) is 0 Å². The van der Waals surface area contributed by atoms with Gasteiger partial charge in [-0.25, -0.2) is 9.98 Å². The zero-order valence-electron chi connectivity index (χ0n) is 20.9. The lowest BCUT2D eigenvalue weighted by Crippen LogP contribution is -2.39. The van der Waals surface area contributed by atoms with Crippen molar-refractivity contribution in [2.24, 2.45) is 15.9 Å². The summed E-state index contributed by atoms with van der Waals surface area (Å²) in [4.78, 5) is 23.2. The van der Waals surface area contributed by atoms with Gasteiger partial charge in [-0.3, -0.25) is 4.79 Å². The molecule has 40 heavy (non-hydrogen) atoms. The number of hydrogen-bond donors (Lipinski definition) is 3. The number of morpholine rings is 1. The topological polar surface area (TPSA) is 126 Å². The molecule has 3 heterocycles. The monoisotopic (exact) mass is 571 g/mol. The number of hydrazone groups is 1. The number of benzodiazepines with no additional fused rings is 1. The summed E-state index contributed by atoms with van der Waals surface area (Å²) in [5, 5.41) is 8.26. The van der Waals surface area contributed by atoms with Crippen LogP contribution in [0.1, 0.15) is 21.8 Å². The third kappa shape index (κ3) is 5.77. The summed E-state index contributed by atoms with van der Waals surface area (Å²) in [6.45, 7) is 5.15. The smallest absolute Gasteiger partial charge is 0.420 e. The van der Waals surface area contributed by atoms with Crippen molar-refractivity contribution in [2.75, 3.05) is 36.5 Å². The summed E-state index contributed by atoms with van der Waals surface area (Å²) in [5.41, 5.74) is 2.38. The maximum absolute atomic E-state index is 13.6. The van der Waals surface area contributed by atoms with Crippen molar-refractivity contribution >= 4 is 39.5 Å². The molecule has 1 amide bonds. The molecule has 0 aliphatic carbocycles. The fraction of sp³-hybridized carbons (Fsp3) is 0.231. The lowest BCUT2D eigenvalue weighted by Gasteiger charge is -2.28. The van der Waals surface area contributed by atoms with E-state index in [2.05, 4.69) is 32.3 Å². The second kappa shape index (κ2) is 11.4. The molecule has 14 heteroatoms. The lowest BCUT2D eigenvalue weighted by molar-refractivity contribution is -0.137. The van der Waals surface area contributed by atoms with Gasteiger partial charge in [-0.1, -0.05) is 59.9 Å². The number of carbonyl (C=O) groups excluding carboxylic acids is 1. The van der Waals surface area contributed by atoms with Gasteiger partial charge in [0.25, 0.3) is 11.8 Å². The quantitative estimate of drug-likeness (QED) is 0.136. The number of nitrogens with zero attached hydrogens (tertiary/aromatic N) is 4. The zero-order valence-corrected chi connectivity index (χ0v) is 21.8. The summed E-state index contributed by atoms with van der Waals surface area (Å²) in [5.74, 6) is 4.41. The van der Waals surface area contributed by atoms with Gasteiger partial charge in [-0.05, 0) is 12.6 Å². The van der Waals surface area contributed by atoms with Crippen LogP contribution in [0.4, 0.5) is 23.9 Å². The van der Waals surface area contributed by atoms with Crippen LogP contribution in [0.3, 0.4) is 0 Å². The van der Waals surface area contributed by atoms with Crippen molar-refractivity contribution in [3.05, 3.63) is 88.9 Å². The predicted octanol–water partition coefficient (Wildman–Crippen LogP) is 3.51. The number of nitrogens with two attached hydrogens (primary N) is 1. The summed E-state index contributed by atoms with van der Waals surface area (Å²) < 4.78 is 51.6. The number of carbonyl (C=O) groups is 1. The largest absolute Gasteiger partial charge is 0.443 e. The average Bonchev–Trinajstić information content (AvgIpc) is 3.36. The van der Waals surface area contributed by atoms with Crippen molar-refractivity contribution < 1.29 is 27.4 Å². The molecule has 1 unspecified atom stereocenters. The molecule has 208 valence electrons. The predicted molar refractivity (Wildman–Crippen MR) is 145 cm³/mol. The molecule has 1 saturated heterocycles. The molecule has 1 atom stereocenters. The van der Waals surface area contributed by atoms with Crippen molar-refractivity contribution in [1.82, 2.24) is 10.3 Å². The number of ether oxygens (including phenoxy) is 2. The minimum Gasteiger partial charge on any atom is -0.420 e. The molecule has 3 aromatic rings. The molecule has 5 rings (SSSR count). The standard InChI is InChI=1S/C26H24F3N7O3S/c1-15(39-23(35-30)20-24(36-11-13-38-14-12-36)40-25(34-20)26(27,28)29)31-21-22(37)32-18-10-6-5-9-17(18)19(33-21)16-7-3-2-4-8-16/h2-10,21,31H,1,11-14,30H2,(H,32,37)/b35-23-. The molecule has 0 spiro atoms. The highest BCUT2D eigenvalue weighted by molar-refractivity contribution is 7.16. The van der Waals surface area contributed by atoms with Crippen LogP contribution in [-0.2, 0) is 20.4 Å². The Morgan fingerprint density at radius 3 is 2.58 bits per heavy atom. The van der Waals surface area contributed by atoms with Crippen molar-refractivity contribution in [2.45, 2.75) is 12.3 Å². The Balaban J connectivity index is 1.42. The molecule has 4 N–H and O–H groups in total. The number of para-hydroxylation sites is 1. The second-order valence-corrected chi connectivity index (χ2v) is 9.63. The molecule has 0 bridgehead atoms. The van der Waals surface area contributed by atoms with E-state index in [-0.39, 0.29) is 16.6 Å². The maximum atomic E-state index is 13.6. The Morgan fingerprint density at radius 1 is 1.18 bits per heavy atom. The molecule has 10 nitrogen and oxygen atoms in total. The number of thiazole rings is 1. The Morgan fingerprint density at radius 2 is 1.88 bits per heavy atom. The number of aliphatic imine (C=N–C) groups is 1. The van der Waals surface area contributed by atoms with Gasteiger partial charge in [0.1, 0.15) is 5.00 Å². The van der Waals surface area contributed by atoms with Crippen molar-refractivity contribution in [3.8, 4) is 0 Å². The second-order valence-electron chi connectivity index (χ2n) is 8.65. The van der Waals surface area contributed by atoms with E-state index >= 15 is 0 Å². The zero-order chi connectivity index (χ0) is 28.3. The van der Waals surface area contributed by atoms with Crippen LogP contribution < -0.4 is 21.4 Å². The fourth-order valence-electron chi connectivity index (χ4n) is 4.17. The molecule has 2 aliphatic heterocycles. The number of halogens is 3. The Hall–Kier alpha value is -4.43. The van der Waals surface area contributed by atoms with Gasteiger partial charge >= 0.3 is 6.18 Å². The van der Waals surface area contributed by atoms with Gasteiger partial charge < -0.3 is 30.8 Å². The van der Waals surface area contributed by atoms with Crippen molar-refractivity contribution in [3.63, 3.8) is 0 Å².